The van der Waals surface area contributed by atoms with Gasteiger partial charge in [0.05, 0.1) is 19.1 Å². The Bertz CT molecular complexity index is 229. The van der Waals surface area contributed by atoms with Gasteiger partial charge in [-0.1, -0.05) is 0 Å². The van der Waals surface area contributed by atoms with E-state index in [0.717, 1.165) is 0 Å². The molecular weight excluding hydrogens is 236 g/mol. The molecule has 0 saturated carbocycles. The fourth-order valence-corrected chi connectivity index (χ4v) is 0.796. The lowest BCUT2D eigenvalue weighted by Gasteiger charge is -2.14. The Morgan fingerprint density at radius 3 is 2.41 bits per heavy atom. The molecule has 1 atom stereocenters. The Morgan fingerprint density at radius 2 is 1.88 bits per heavy atom. The third-order valence-corrected chi connectivity index (χ3v) is 1.56. The molecule has 0 aliphatic heterocycles. The van der Waals surface area contributed by atoms with Gasteiger partial charge in [0.1, 0.15) is 0 Å². The zero-order valence-electron chi connectivity index (χ0n) is 9.46. The molecule has 0 aliphatic rings. The molecule has 17 heavy (non-hydrogen) atoms. The summed E-state index contributed by atoms with van der Waals surface area (Å²) < 4.78 is 18.4. The van der Waals surface area contributed by atoms with Crippen molar-refractivity contribution in [3.8, 4) is 0 Å². The molecule has 0 aliphatic carbocycles. The van der Waals surface area contributed by atoms with E-state index in [1.54, 1.807) is 0 Å². The van der Waals surface area contributed by atoms with E-state index in [9.17, 15) is 9.59 Å². The average Bonchev–Trinajstić information content (AvgIpc) is 2.27. The van der Waals surface area contributed by atoms with Crippen molar-refractivity contribution in [1.29, 1.82) is 0 Å². The van der Waals surface area contributed by atoms with Crippen LogP contribution in [0, 0.1) is 0 Å². The first-order chi connectivity index (χ1) is 8.10. The van der Waals surface area contributed by atoms with Gasteiger partial charge in [-0.25, -0.2) is 0 Å². The van der Waals surface area contributed by atoms with Gasteiger partial charge in [0, 0.05) is 6.92 Å². The molecule has 100 valence electrons. The van der Waals surface area contributed by atoms with Crippen molar-refractivity contribution in [2.24, 2.45) is 0 Å². The lowest BCUT2D eigenvalue weighted by Crippen LogP contribution is -2.24. The van der Waals surface area contributed by atoms with Gasteiger partial charge in [0.2, 0.25) is 0 Å². The minimum Gasteiger partial charge on any atom is -0.439 e. The van der Waals surface area contributed by atoms with Gasteiger partial charge in [-0.05, 0) is 0 Å². The lowest BCUT2D eigenvalue weighted by atomic mass is 10.3. The zero-order chi connectivity index (χ0) is 13.1. The van der Waals surface area contributed by atoms with Crippen LogP contribution in [-0.4, -0.2) is 55.2 Å². The summed E-state index contributed by atoms with van der Waals surface area (Å²) in [6, 6.07) is 0. The molecule has 0 amide bonds. The number of ether oxygens (including phenoxy) is 4. The Labute approximate surface area is 98.0 Å². The number of carbonyl (C=O) groups excluding carboxylic acids is 2. The molecule has 0 bridgehead atoms. The first-order valence-electron chi connectivity index (χ1n) is 4.80. The SMILES string of the molecule is CC(=O)OCOCOC(CO)CC(=O)OCO. The third-order valence-electron chi connectivity index (χ3n) is 1.56. The summed E-state index contributed by atoms with van der Waals surface area (Å²) >= 11 is 0. The number of hydrogen-bond donors (Lipinski definition) is 2. The highest BCUT2D eigenvalue weighted by Gasteiger charge is 2.14. The first-order valence-corrected chi connectivity index (χ1v) is 4.80. The number of carbonyl (C=O) groups is 2. The van der Waals surface area contributed by atoms with Crippen LogP contribution in [0.3, 0.4) is 0 Å². The van der Waals surface area contributed by atoms with Crippen molar-refractivity contribution in [2.45, 2.75) is 19.4 Å². The maximum Gasteiger partial charge on any atom is 0.310 e. The summed E-state index contributed by atoms with van der Waals surface area (Å²) in [7, 11) is 0. The Kier molecular flexibility index (Phi) is 9.25. The summed E-state index contributed by atoms with van der Waals surface area (Å²) in [4.78, 5) is 21.3. The Hall–Kier alpha value is -1.22. The highest BCUT2D eigenvalue weighted by Crippen LogP contribution is 2.00. The topological polar surface area (TPSA) is 112 Å². The van der Waals surface area contributed by atoms with Gasteiger partial charge >= 0.3 is 11.9 Å². The number of hydrogen-bond acceptors (Lipinski definition) is 8. The molecule has 0 saturated heterocycles. The van der Waals surface area contributed by atoms with Crippen molar-refractivity contribution in [3.63, 3.8) is 0 Å². The van der Waals surface area contributed by atoms with Gasteiger partial charge in [-0.15, -0.1) is 0 Å². The van der Waals surface area contributed by atoms with E-state index in [1.807, 2.05) is 0 Å². The van der Waals surface area contributed by atoms with Crippen LogP contribution in [0.4, 0.5) is 0 Å². The van der Waals surface area contributed by atoms with Crippen LogP contribution in [-0.2, 0) is 28.5 Å². The zero-order valence-corrected chi connectivity index (χ0v) is 9.46. The van der Waals surface area contributed by atoms with E-state index < -0.39 is 31.4 Å². The van der Waals surface area contributed by atoms with Crippen LogP contribution >= 0.6 is 0 Å². The summed E-state index contributed by atoms with van der Waals surface area (Å²) in [5.41, 5.74) is 0. The second-order valence-electron chi connectivity index (χ2n) is 2.90. The molecule has 0 rings (SSSR count). The van der Waals surface area contributed by atoms with E-state index in [2.05, 4.69) is 9.47 Å². The molecule has 0 aromatic heterocycles. The standard InChI is InChI=1S/C9H16O8/c1-7(12)16-5-14-6-17-8(3-10)2-9(13)15-4-11/h8,10-11H,2-6H2,1H3. The molecule has 0 heterocycles. The second-order valence-corrected chi connectivity index (χ2v) is 2.90. The van der Waals surface area contributed by atoms with Gasteiger partial charge in [0.15, 0.2) is 20.4 Å². The highest BCUT2D eigenvalue weighted by atomic mass is 16.7. The summed E-state index contributed by atoms with van der Waals surface area (Å²) in [5.74, 6) is -1.19. The van der Waals surface area contributed by atoms with Crippen molar-refractivity contribution < 1.29 is 38.7 Å². The Balaban J connectivity index is 3.60. The molecule has 0 fully saturated rings. The van der Waals surface area contributed by atoms with Crippen molar-refractivity contribution in [3.05, 3.63) is 0 Å². The fourth-order valence-electron chi connectivity index (χ4n) is 0.796. The van der Waals surface area contributed by atoms with Crippen LogP contribution in [0.15, 0.2) is 0 Å². The molecule has 2 N–H and O–H groups in total. The van der Waals surface area contributed by atoms with Crippen molar-refractivity contribution in [2.75, 3.05) is 27.0 Å². The minimum atomic E-state index is -0.800. The minimum absolute atomic E-state index is 0.214. The molecular formula is C9H16O8. The highest BCUT2D eigenvalue weighted by molar-refractivity contribution is 5.69. The van der Waals surface area contributed by atoms with E-state index in [1.165, 1.54) is 6.92 Å². The number of aliphatic hydroxyl groups excluding tert-OH is 2. The number of rotatable bonds is 9. The molecule has 0 aromatic rings. The van der Waals surface area contributed by atoms with E-state index in [0.29, 0.717) is 0 Å². The van der Waals surface area contributed by atoms with Crippen molar-refractivity contribution in [1.82, 2.24) is 0 Å². The largest absolute Gasteiger partial charge is 0.439 e. The monoisotopic (exact) mass is 252 g/mol. The van der Waals surface area contributed by atoms with Gasteiger partial charge in [0.25, 0.3) is 0 Å². The van der Waals surface area contributed by atoms with Crippen LogP contribution < -0.4 is 0 Å². The van der Waals surface area contributed by atoms with Gasteiger partial charge < -0.3 is 29.2 Å². The second kappa shape index (κ2) is 9.97. The van der Waals surface area contributed by atoms with Crippen molar-refractivity contribution >= 4 is 11.9 Å². The number of esters is 2. The van der Waals surface area contributed by atoms with Crippen LogP contribution in [0.5, 0.6) is 0 Å². The van der Waals surface area contributed by atoms with Gasteiger partial charge in [-0.2, -0.15) is 0 Å². The van der Waals surface area contributed by atoms with Crippen LogP contribution in [0.2, 0.25) is 0 Å². The van der Waals surface area contributed by atoms with E-state index in [-0.39, 0.29) is 20.0 Å². The predicted octanol–water partition coefficient (Wildman–Crippen LogP) is -1.26. The summed E-state index contributed by atoms with van der Waals surface area (Å²) in [6.45, 7) is -0.414. The van der Waals surface area contributed by atoms with E-state index >= 15 is 0 Å². The molecule has 0 aromatic carbocycles. The smallest absolute Gasteiger partial charge is 0.310 e. The quantitative estimate of drug-likeness (QED) is 0.297. The molecule has 0 radical (unpaired) electrons. The number of aliphatic hydroxyl groups is 2. The maximum absolute atomic E-state index is 10.9. The predicted molar refractivity (Wildman–Crippen MR) is 52.3 cm³/mol. The lowest BCUT2D eigenvalue weighted by molar-refractivity contribution is -0.177. The summed E-state index contributed by atoms with van der Waals surface area (Å²) in [6.07, 6.45) is -1.01. The molecule has 0 spiro atoms. The third kappa shape index (κ3) is 9.69. The molecule has 8 heteroatoms. The maximum atomic E-state index is 10.9. The molecule has 8 nitrogen and oxygen atoms in total. The fraction of sp³-hybridized carbons (Fsp3) is 0.778. The summed E-state index contributed by atoms with van der Waals surface area (Å²) in [5, 5.41) is 17.2. The average molecular weight is 252 g/mol. The van der Waals surface area contributed by atoms with Crippen LogP contribution in [0.25, 0.3) is 0 Å². The Morgan fingerprint density at radius 1 is 1.18 bits per heavy atom. The molecule has 1 unspecified atom stereocenters. The van der Waals surface area contributed by atoms with E-state index in [4.69, 9.17) is 19.7 Å². The normalized spacial score (nSPS) is 11.9. The first kappa shape index (κ1) is 15.8. The van der Waals surface area contributed by atoms with Crippen LogP contribution in [0.1, 0.15) is 13.3 Å². The van der Waals surface area contributed by atoms with Gasteiger partial charge in [-0.3, -0.25) is 9.59 Å².